The van der Waals surface area contributed by atoms with E-state index in [2.05, 4.69) is 4.72 Å². The zero-order valence-corrected chi connectivity index (χ0v) is 12.8. The Morgan fingerprint density at radius 3 is 2.74 bits per heavy atom. The van der Waals surface area contributed by atoms with Gasteiger partial charge in [0.2, 0.25) is 10.0 Å². The molecule has 7 heteroatoms. The molecule has 0 aliphatic rings. The van der Waals surface area contributed by atoms with Gasteiger partial charge < -0.3 is 5.73 Å². The van der Waals surface area contributed by atoms with Crippen molar-refractivity contribution in [2.75, 3.05) is 13.1 Å². The van der Waals surface area contributed by atoms with Gasteiger partial charge in [-0.2, -0.15) is 11.3 Å². The lowest BCUT2D eigenvalue weighted by Gasteiger charge is -2.03. The zero-order valence-electron chi connectivity index (χ0n) is 10.3. The van der Waals surface area contributed by atoms with Gasteiger partial charge in [-0.15, -0.1) is 11.3 Å². The minimum atomic E-state index is -3.38. The molecule has 0 saturated carbocycles. The molecule has 2 aromatic heterocycles. The van der Waals surface area contributed by atoms with E-state index < -0.39 is 10.0 Å². The summed E-state index contributed by atoms with van der Waals surface area (Å²) in [5.74, 6) is 0. The van der Waals surface area contributed by atoms with Crippen molar-refractivity contribution in [3.8, 4) is 0 Å². The standard InChI is InChI=1S/C12H16N2O2S3/c13-6-3-11-1-2-12(18-11)19(15,16)14-7-4-10-5-8-17-9-10/h1-2,5,8-9,14H,3-4,6-7,13H2. The molecule has 0 unspecified atom stereocenters. The minimum Gasteiger partial charge on any atom is -0.330 e. The summed E-state index contributed by atoms with van der Waals surface area (Å²) in [4.78, 5) is 1.00. The summed E-state index contributed by atoms with van der Waals surface area (Å²) in [6, 6.07) is 5.47. The predicted octanol–water partition coefficient (Wildman–Crippen LogP) is 1.83. The topological polar surface area (TPSA) is 72.2 Å². The molecule has 2 aromatic rings. The molecule has 0 amide bonds. The van der Waals surface area contributed by atoms with Crippen molar-refractivity contribution >= 4 is 32.7 Å². The monoisotopic (exact) mass is 316 g/mol. The third-order valence-corrected chi connectivity index (χ3v) is 6.41. The van der Waals surface area contributed by atoms with Gasteiger partial charge in [0.1, 0.15) is 4.21 Å². The lowest BCUT2D eigenvalue weighted by Crippen LogP contribution is -2.25. The van der Waals surface area contributed by atoms with Crippen molar-refractivity contribution in [3.05, 3.63) is 39.4 Å². The molecule has 0 aliphatic heterocycles. The van der Waals surface area contributed by atoms with Crippen LogP contribution in [0.2, 0.25) is 0 Å². The van der Waals surface area contributed by atoms with Crippen LogP contribution in [0.3, 0.4) is 0 Å². The number of thiophene rings is 2. The number of sulfonamides is 1. The number of hydrogen-bond acceptors (Lipinski definition) is 5. The van der Waals surface area contributed by atoms with Crippen molar-refractivity contribution in [2.45, 2.75) is 17.1 Å². The molecule has 0 saturated heterocycles. The average molecular weight is 316 g/mol. The fourth-order valence-electron chi connectivity index (χ4n) is 1.62. The van der Waals surface area contributed by atoms with Crippen LogP contribution in [0, 0.1) is 0 Å². The lowest BCUT2D eigenvalue weighted by atomic mass is 10.2. The molecule has 0 radical (unpaired) electrons. The highest BCUT2D eigenvalue weighted by Crippen LogP contribution is 2.21. The summed E-state index contributed by atoms with van der Waals surface area (Å²) in [5.41, 5.74) is 6.61. The maximum absolute atomic E-state index is 12.0. The van der Waals surface area contributed by atoms with Crippen LogP contribution in [0.15, 0.2) is 33.2 Å². The molecule has 2 heterocycles. The largest absolute Gasteiger partial charge is 0.330 e. The molecule has 0 aromatic carbocycles. The van der Waals surface area contributed by atoms with Gasteiger partial charge in [-0.1, -0.05) is 0 Å². The second-order valence-electron chi connectivity index (χ2n) is 4.04. The van der Waals surface area contributed by atoms with E-state index in [0.717, 1.165) is 16.9 Å². The van der Waals surface area contributed by atoms with Gasteiger partial charge in [0.25, 0.3) is 0 Å². The van der Waals surface area contributed by atoms with E-state index in [1.54, 1.807) is 17.4 Å². The van der Waals surface area contributed by atoms with Crippen LogP contribution in [0.1, 0.15) is 10.4 Å². The Morgan fingerprint density at radius 2 is 2.05 bits per heavy atom. The van der Waals surface area contributed by atoms with Crippen LogP contribution in [0.25, 0.3) is 0 Å². The van der Waals surface area contributed by atoms with Gasteiger partial charge in [-0.3, -0.25) is 0 Å². The third kappa shape index (κ3) is 4.12. The van der Waals surface area contributed by atoms with E-state index >= 15 is 0 Å². The smallest absolute Gasteiger partial charge is 0.250 e. The summed E-state index contributed by atoms with van der Waals surface area (Å²) in [5, 5.41) is 4.01. The van der Waals surface area contributed by atoms with Crippen molar-refractivity contribution in [1.29, 1.82) is 0 Å². The van der Waals surface area contributed by atoms with E-state index in [9.17, 15) is 8.42 Å². The summed E-state index contributed by atoms with van der Waals surface area (Å²) < 4.78 is 27.1. The highest BCUT2D eigenvalue weighted by Gasteiger charge is 2.15. The maximum Gasteiger partial charge on any atom is 0.250 e. The van der Waals surface area contributed by atoms with Gasteiger partial charge >= 0.3 is 0 Å². The highest BCUT2D eigenvalue weighted by atomic mass is 32.2. The predicted molar refractivity (Wildman–Crippen MR) is 80.3 cm³/mol. The Morgan fingerprint density at radius 1 is 1.21 bits per heavy atom. The van der Waals surface area contributed by atoms with E-state index in [0.29, 0.717) is 23.7 Å². The number of nitrogens with one attached hydrogen (secondary N) is 1. The fraction of sp³-hybridized carbons (Fsp3) is 0.333. The third-order valence-electron chi connectivity index (χ3n) is 2.58. The van der Waals surface area contributed by atoms with Gasteiger partial charge in [0.05, 0.1) is 0 Å². The summed E-state index contributed by atoms with van der Waals surface area (Å²) in [6.45, 7) is 0.953. The molecular weight excluding hydrogens is 300 g/mol. The second-order valence-corrected chi connectivity index (χ2v) is 7.98. The number of hydrogen-bond donors (Lipinski definition) is 2. The number of nitrogens with two attached hydrogens (primary N) is 1. The van der Waals surface area contributed by atoms with Crippen molar-refractivity contribution < 1.29 is 8.42 Å². The molecular formula is C12H16N2O2S3. The number of rotatable bonds is 7. The Hall–Kier alpha value is -0.730. The lowest BCUT2D eigenvalue weighted by molar-refractivity contribution is 0.584. The Bertz CT molecular complexity index is 603. The highest BCUT2D eigenvalue weighted by molar-refractivity contribution is 7.91. The molecule has 0 spiro atoms. The van der Waals surface area contributed by atoms with Crippen molar-refractivity contribution in [2.24, 2.45) is 5.73 Å². The molecule has 0 bridgehead atoms. The minimum absolute atomic E-state index is 0.362. The molecule has 0 atom stereocenters. The summed E-state index contributed by atoms with van der Waals surface area (Å²) in [7, 11) is -3.38. The van der Waals surface area contributed by atoms with Gasteiger partial charge in [0.15, 0.2) is 0 Å². The fourth-order valence-corrected chi connectivity index (χ4v) is 4.77. The van der Waals surface area contributed by atoms with Gasteiger partial charge in [0, 0.05) is 11.4 Å². The first kappa shape index (κ1) is 14.7. The zero-order chi connectivity index (χ0) is 13.7. The van der Waals surface area contributed by atoms with E-state index in [1.165, 1.54) is 11.3 Å². The normalized spacial score (nSPS) is 11.8. The van der Waals surface area contributed by atoms with Crippen LogP contribution in [0.5, 0.6) is 0 Å². The molecule has 104 valence electrons. The Labute approximate surface area is 121 Å². The second kappa shape index (κ2) is 6.62. The summed E-state index contributed by atoms with van der Waals surface area (Å²) >= 11 is 2.90. The first-order valence-electron chi connectivity index (χ1n) is 5.91. The molecule has 4 nitrogen and oxygen atoms in total. The van der Waals surface area contributed by atoms with Crippen LogP contribution in [-0.4, -0.2) is 21.5 Å². The first-order chi connectivity index (χ1) is 9.12. The first-order valence-corrected chi connectivity index (χ1v) is 9.15. The van der Waals surface area contributed by atoms with Gasteiger partial charge in [-0.05, 0) is 53.9 Å². The van der Waals surface area contributed by atoms with Crippen molar-refractivity contribution in [1.82, 2.24) is 4.72 Å². The quantitative estimate of drug-likeness (QED) is 0.818. The summed E-state index contributed by atoms with van der Waals surface area (Å²) in [6.07, 6.45) is 1.43. The van der Waals surface area contributed by atoms with E-state index in [1.807, 2.05) is 22.9 Å². The Kier molecular flexibility index (Phi) is 5.12. The molecule has 0 aliphatic carbocycles. The van der Waals surface area contributed by atoms with E-state index in [-0.39, 0.29) is 0 Å². The SMILES string of the molecule is NCCc1ccc(S(=O)(=O)NCCc2ccsc2)s1. The molecule has 0 fully saturated rings. The van der Waals surface area contributed by atoms with Crippen LogP contribution >= 0.6 is 22.7 Å². The maximum atomic E-state index is 12.0. The van der Waals surface area contributed by atoms with Crippen LogP contribution in [0.4, 0.5) is 0 Å². The van der Waals surface area contributed by atoms with Crippen LogP contribution in [-0.2, 0) is 22.9 Å². The van der Waals surface area contributed by atoms with Crippen molar-refractivity contribution in [3.63, 3.8) is 0 Å². The molecule has 3 N–H and O–H groups in total. The van der Waals surface area contributed by atoms with Crippen LogP contribution < -0.4 is 10.5 Å². The molecule has 2 rings (SSSR count). The molecule has 19 heavy (non-hydrogen) atoms. The van der Waals surface area contributed by atoms with Gasteiger partial charge in [-0.25, -0.2) is 13.1 Å². The Balaban J connectivity index is 1.93. The van der Waals surface area contributed by atoms with E-state index in [4.69, 9.17) is 5.73 Å². The average Bonchev–Trinajstić information content (AvgIpc) is 3.00.